The summed E-state index contributed by atoms with van der Waals surface area (Å²) in [4.78, 5) is 5.33. The molecule has 112 valence electrons. The van der Waals surface area contributed by atoms with Gasteiger partial charge in [-0.3, -0.25) is 4.90 Å². The van der Waals surface area contributed by atoms with Crippen molar-refractivity contribution in [1.82, 2.24) is 15.1 Å². The van der Waals surface area contributed by atoms with Crippen molar-refractivity contribution in [2.75, 3.05) is 39.3 Å². The molecule has 3 heteroatoms. The normalized spacial score (nSPS) is 24.6. The summed E-state index contributed by atoms with van der Waals surface area (Å²) in [5, 5.41) is 3.70. The maximum absolute atomic E-state index is 3.70. The average molecular weight is 267 g/mol. The Kier molecular flexibility index (Phi) is 5.27. The molecule has 19 heavy (non-hydrogen) atoms. The molecule has 1 atom stereocenters. The summed E-state index contributed by atoms with van der Waals surface area (Å²) in [6, 6.07) is 0.661. The number of nitrogens with one attached hydrogen (secondary N) is 1. The Bertz CT molecular complexity index is 265. The van der Waals surface area contributed by atoms with Crippen LogP contribution in [0.2, 0.25) is 0 Å². The van der Waals surface area contributed by atoms with Gasteiger partial charge in [0.2, 0.25) is 0 Å². The van der Waals surface area contributed by atoms with Gasteiger partial charge in [-0.05, 0) is 46.0 Å². The minimum absolute atomic E-state index is 0.280. The van der Waals surface area contributed by atoms with E-state index in [4.69, 9.17) is 0 Å². The molecule has 2 rings (SSSR count). The van der Waals surface area contributed by atoms with Crippen molar-refractivity contribution in [2.24, 2.45) is 5.92 Å². The van der Waals surface area contributed by atoms with Crippen molar-refractivity contribution < 1.29 is 0 Å². The van der Waals surface area contributed by atoms with Gasteiger partial charge in [0.1, 0.15) is 0 Å². The zero-order valence-electron chi connectivity index (χ0n) is 13.4. The first-order valence-electron chi connectivity index (χ1n) is 8.21. The molecule has 1 aliphatic carbocycles. The lowest BCUT2D eigenvalue weighted by Crippen LogP contribution is -2.54. The number of hydrogen-bond donors (Lipinski definition) is 1. The first-order valence-corrected chi connectivity index (χ1v) is 8.21. The van der Waals surface area contributed by atoms with Gasteiger partial charge in [0.05, 0.1) is 0 Å². The van der Waals surface area contributed by atoms with Crippen LogP contribution in [0.3, 0.4) is 0 Å². The molecule has 2 fully saturated rings. The zero-order valence-corrected chi connectivity index (χ0v) is 13.4. The predicted octanol–water partition coefficient (Wildman–Crippen LogP) is 2.18. The Hall–Kier alpha value is -0.120. The highest BCUT2D eigenvalue weighted by molar-refractivity contribution is 4.84. The smallest absolute Gasteiger partial charge is 0.0193 e. The lowest BCUT2D eigenvalue weighted by Gasteiger charge is -2.39. The highest BCUT2D eigenvalue weighted by Crippen LogP contribution is 2.29. The fourth-order valence-corrected chi connectivity index (χ4v) is 2.73. The second-order valence-electron chi connectivity index (χ2n) is 7.25. The molecule has 1 unspecified atom stereocenters. The molecule has 1 heterocycles. The predicted molar refractivity (Wildman–Crippen MR) is 82.6 cm³/mol. The van der Waals surface area contributed by atoms with E-state index in [2.05, 4.69) is 42.8 Å². The van der Waals surface area contributed by atoms with Crippen LogP contribution in [0.15, 0.2) is 0 Å². The summed E-state index contributed by atoms with van der Waals surface area (Å²) in [6.07, 6.45) is 4.15. The van der Waals surface area contributed by atoms with E-state index in [1.165, 1.54) is 52.0 Å². The van der Waals surface area contributed by atoms with Gasteiger partial charge in [-0.25, -0.2) is 0 Å². The SMILES string of the molecule is CCC(C)(C)NCC(C)N1CCN(CC2CC2)CC1. The van der Waals surface area contributed by atoms with Gasteiger partial charge in [-0.2, -0.15) is 0 Å². The summed E-state index contributed by atoms with van der Waals surface area (Å²) in [7, 11) is 0. The van der Waals surface area contributed by atoms with Crippen molar-refractivity contribution in [1.29, 1.82) is 0 Å². The van der Waals surface area contributed by atoms with Gasteiger partial charge >= 0.3 is 0 Å². The van der Waals surface area contributed by atoms with E-state index >= 15 is 0 Å². The molecule has 0 aromatic heterocycles. The number of hydrogen-bond acceptors (Lipinski definition) is 3. The third kappa shape index (κ3) is 5.05. The summed E-state index contributed by atoms with van der Waals surface area (Å²) in [5.74, 6) is 1.04. The molecule has 0 aromatic rings. The third-order valence-electron chi connectivity index (χ3n) is 5.00. The van der Waals surface area contributed by atoms with E-state index in [0.29, 0.717) is 6.04 Å². The zero-order chi connectivity index (χ0) is 13.9. The van der Waals surface area contributed by atoms with Gasteiger partial charge in [-0.1, -0.05) is 6.92 Å². The molecule has 0 spiro atoms. The quantitative estimate of drug-likeness (QED) is 0.763. The van der Waals surface area contributed by atoms with E-state index in [0.717, 1.165) is 12.5 Å². The maximum Gasteiger partial charge on any atom is 0.0193 e. The van der Waals surface area contributed by atoms with Crippen LogP contribution in [-0.2, 0) is 0 Å². The third-order valence-corrected chi connectivity index (χ3v) is 5.00. The average Bonchev–Trinajstić information content (AvgIpc) is 3.21. The monoisotopic (exact) mass is 267 g/mol. The van der Waals surface area contributed by atoms with Gasteiger partial charge < -0.3 is 10.2 Å². The highest BCUT2D eigenvalue weighted by Gasteiger charge is 2.27. The molecule has 0 aromatic carbocycles. The van der Waals surface area contributed by atoms with Crippen LogP contribution in [0.25, 0.3) is 0 Å². The molecule has 0 bridgehead atoms. The molecule has 1 saturated carbocycles. The molecular formula is C16H33N3. The molecule has 1 aliphatic heterocycles. The van der Waals surface area contributed by atoms with Crippen molar-refractivity contribution in [3.8, 4) is 0 Å². The Labute approximate surface area is 119 Å². The molecule has 1 N–H and O–H groups in total. The van der Waals surface area contributed by atoms with Crippen LogP contribution in [-0.4, -0.2) is 60.6 Å². The molecule has 2 aliphatic rings. The Morgan fingerprint density at radius 1 is 1.16 bits per heavy atom. The topological polar surface area (TPSA) is 18.5 Å². The van der Waals surface area contributed by atoms with Gasteiger partial charge in [-0.15, -0.1) is 0 Å². The van der Waals surface area contributed by atoms with Gasteiger partial charge in [0, 0.05) is 50.8 Å². The van der Waals surface area contributed by atoms with Crippen molar-refractivity contribution >= 4 is 0 Å². The fraction of sp³-hybridized carbons (Fsp3) is 1.00. The first-order chi connectivity index (χ1) is 9.00. The number of nitrogens with zero attached hydrogens (tertiary/aromatic N) is 2. The minimum Gasteiger partial charge on any atom is -0.310 e. The molecular weight excluding hydrogens is 234 g/mol. The van der Waals surface area contributed by atoms with E-state index in [9.17, 15) is 0 Å². The summed E-state index contributed by atoms with van der Waals surface area (Å²) in [5.41, 5.74) is 0.280. The second kappa shape index (κ2) is 6.55. The summed E-state index contributed by atoms with van der Waals surface area (Å²) in [6.45, 7) is 16.8. The van der Waals surface area contributed by atoms with E-state index in [-0.39, 0.29) is 5.54 Å². The van der Waals surface area contributed by atoms with E-state index in [1.54, 1.807) is 0 Å². The summed E-state index contributed by atoms with van der Waals surface area (Å²) >= 11 is 0. The Balaban J connectivity index is 1.65. The van der Waals surface area contributed by atoms with Crippen LogP contribution in [0, 0.1) is 5.92 Å². The van der Waals surface area contributed by atoms with Crippen molar-refractivity contribution in [3.63, 3.8) is 0 Å². The largest absolute Gasteiger partial charge is 0.310 e. The van der Waals surface area contributed by atoms with Crippen LogP contribution >= 0.6 is 0 Å². The van der Waals surface area contributed by atoms with Gasteiger partial charge in [0.25, 0.3) is 0 Å². The van der Waals surface area contributed by atoms with Crippen molar-refractivity contribution in [2.45, 2.75) is 58.5 Å². The number of rotatable bonds is 7. The van der Waals surface area contributed by atoms with Crippen LogP contribution in [0.4, 0.5) is 0 Å². The van der Waals surface area contributed by atoms with Crippen LogP contribution < -0.4 is 5.32 Å². The lowest BCUT2D eigenvalue weighted by molar-refractivity contribution is 0.0954. The number of piperazine rings is 1. The minimum atomic E-state index is 0.280. The molecule has 0 amide bonds. The molecule has 1 saturated heterocycles. The molecule has 3 nitrogen and oxygen atoms in total. The van der Waals surface area contributed by atoms with E-state index < -0.39 is 0 Å². The highest BCUT2D eigenvalue weighted by atomic mass is 15.3. The fourth-order valence-electron chi connectivity index (χ4n) is 2.73. The van der Waals surface area contributed by atoms with Crippen LogP contribution in [0.1, 0.15) is 47.0 Å². The maximum atomic E-state index is 3.70. The molecule has 0 radical (unpaired) electrons. The Morgan fingerprint density at radius 2 is 1.79 bits per heavy atom. The van der Waals surface area contributed by atoms with Crippen molar-refractivity contribution in [3.05, 3.63) is 0 Å². The lowest BCUT2D eigenvalue weighted by atomic mass is 10.0. The summed E-state index contributed by atoms with van der Waals surface area (Å²) < 4.78 is 0. The van der Waals surface area contributed by atoms with Crippen LogP contribution in [0.5, 0.6) is 0 Å². The van der Waals surface area contributed by atoms with Gasteiger partial charge in [0.15, 0.2) is 0 Å². The Morgan fingerprint density at radius 3 is 2.32 bits per heavy atom. The second-order valence-corrected chi connectivity index (χ2v) is 7.25. The van der Waals surface area contributed by atoms with E-state index in [1.807, 2.05) is 0 Å². The standard InChI is InChI=1S/C16H33N3/c1-5-16(3,4)17-12-14(2)19-10-8-18(9-11-19)13-15-6-7-15/h14-15,17H,5-13H2,1-4H3. The first kappa shape index (κ1) is 15.3.